The van der Waals surface area contributed by atoms with Gasteiger partial charge in [-0.05, 0) is 29.3 Å². The van der Waals surface area contributed by atoms with Crippen LogP contribution in [0.5, 0.6) is 0 Å². The lowest BCUT2D eigenvalue weighted by atomic mass is 10.0. The third-order valence-electron chi connectivity index (χ3n) is 5.21. The molecule has 2 aromatic rings. The van der Waals surface area contributed by atoms with Gasteiger partial charge in [0.15, 0.2) is 0 Å². The third-order valence-corrected chi connectivity index (χ3v) is 6.23. The van der Waals surface area contributed by atoms with Crippen LogP contribution >= 0.6 is 11.8 Å². The minimum Gasteiger partial charge on any atom is -0.442 e. The summed E-state index contributed by atoms with van der Waals surface area (Å²) in [6, 6.07) is 12.7. The van der Waals surface area contributed by atoms with Gasteiger partial charge in [-0.2, -0.15) is 0 Å². The summed E-state index contributed by atoms with van der Waals surface area (Å²) >= 11 is 1.94. The van der Waals surface area contributed by atoms with E-state index in [0.29, 0.717) is 11.3 Å². The molecule has 1 atom stereocenters. The Kier molecular flexibility index (Phi) is 6.24. The second-order valence-corrected chi connectivity index (χ2v) is 8.58. The normalized spacial score (nSPS) is 19.2. The van der Waals surface area contributed by atoms with Crippen LogP contribution in [0.1, 0.15) is 12.5 Å². The zero-order valence-electron chi connectivity index (χ0n) is 16.8. The zero-order valence-corrected chi connectivity index (χ0v) is 17.6. The summed E-state index contributed by atoms with van der Waals surface area (Å²) in [4.78, 5) is 27.0. The average Bonchev–Trinajstić information content (AvgIpc) is 3.36. The fourth-order valence-electron chi connectivity index (χ4n) is 3.63. The Bertz CT molecular complexity index is 932. The Balaban J connectivity index is 1.44. The summed E-state index contributed by atoms with van der Waals surface area (Å²) in [5.74, 6) is 1.65. The molecule has 158 valence electrons. The van der Waals surface area contributed by atoms with Crippen LogP contribution in [0.3, 0.4) is 0 Å². The van der Waals surface area contributed by atoms with Crippen molar-refractivity contribution in [2.45, 2.75) is 19.6 Å². The number of ether oxygens (including phenoxy) is 1. The van der Waals surface area contributed by atoms with Crippen molar-refractivity contribution in [3.05, 3.63) is 53.8 Å². The number of cyclic esters (lactones) is 1. The lowest BCUT2D eigenvalue weighted by Gasteiger charge is -2.15. The summed E-state index contributed by atoms with van der Waals surface area (Å²) in [6.45, 7) is 3.92. The van der Waals surface area contributed by atoms with Crippen LogP contribution in [0.25, 0.3) is 11.1 Å². The molecule has 0 aromatic heterocycles. The van der Waals surface area contributed by atoms with Gasteiger partial charge < -0.3 is 10.1 Å². The highest BCUT2D eigenvalue weighted by Crippen LogP contribution is 2.29. The first-order valence-corrected chi connectivity index (χ1v) is 11.1. The molecular weight excluding hydrogens is 405 g/mol. The van der Waals surface area contributed by atoms with Crippen LogP contribution in [-0.2, 0) is 16.1 Å². The molecule has 4 rings (SSSR count). The molecule has 2 saturated heterocycles. The Morgan fingerprint density at radius 1 is 1.27 bits per heavy atom. The minimum atomic E-state index is -0.540. The summed E-state index contributed by atoms with van der Waals surface area (Å²) in [6.07, 6.45) is -0.993. The van der Waals surface area contributed by atoms with Gasteiger partial charge in [0.25, 0.3) is 0 Å². The molecule has 2 amide bonds. The minimum absolute atomic E-state index is 0.190. The summed E-state index contributed by atoms with van der Waals surface area (Å²) in [5, 5.41) is 2.63. The smallest absolute Gasteiger partial charge is 0.414 e. The Hall–Kier alpha value is -2.58. The van der Waals surface area contributed by atoms with E-state index >= 15 is 0 Å². The predicted octanol–water partition coefficient (Wildman–Crippen LogP) is 3.46. The molecule has 1 N–H and O–H groups in total. The number of hydrogen-bond donors (Lipinski definition) is 1. The fourth-order valence-corrected chi connectivity index (χ4v) is 4.62. The molecule has 0 spiro atoms. The second kappa shape index (κ2) is 9.06. The van der Waals surface area contributed by atoms with Gasteiger partial charge in [0.2, 0.25) is 5.91 Å². The Labute approximate surface area is 179 Å². The highest BCUT2D eigenvalue weighted by Gasteiger charge is 2.32. The van der Waals surface area contributed by atoms with Gasteiger partial charge in [-0.3, -0.25) is 14.6 Å². The molecule has 0 bridgehead atoms. The van der Waals surface area contributed by atoms with Crippen LogP contribution in [0.2, 0.25) is 0 Å². The number of amides is 2. The number of anilines is 1. The molecule has 2 aliphatic rings. The molecule has 0 radical (unpaired) electrons. The van der Waals surface area contributed by atoms with E-state index in [1.807, 2.05) is 36.0 Å². The first kappa shape index (κ1) is 20.7. The number of hydrogen-bond acceptors (Lipinski definition) is 5. The number of halogens is 1. The van der Waals surface area contributed by atoms with Gasteiger partial charge in [0, 0.05) is 37.2 Å². The van der Waals surface area contributed by atoms with Crippen LogP contribution in [0, 0.1) is 5.82 Å². The highest BCUT2D eigenvalue weighted by molar-refractivity contribution is 7.99. The third kappa shape index (κ3) is 4.76. The number of nitrogens with zero attached hydrogens (tertiary/aromatic N) is 2. The number of carbonyl (C=O) groups excluding carboxylic acids is 2. The average molecular weight is 430 g/mol. The van der Waals surface area contributed by atoms with Gasteiger partial charge in [-0.1, -0.05) is 24.3 Å². The van der Waals surface area contributed by atoms with Gasteiger partial charge in [-0.25, -0.2) is 9.18 Å². The van der Waals surface area contributed by atoms with Crippen molar-refractivity contribution in [3.8, 4) is 11.1 Å². The number of nitrogens with one attached hydrogen (secondary N) is 1. The Morgan fingerprint density at radius 3 is 2.73 bits per heavy atom. The van der Waals surface area contributed by atoms with Crippen LogP contribution in [-0.4, -0.2) is 54.3 Å². The number of carbonyl (C=O) groups is 2. The van der Waals surface area contributed by atoms with Crippen molar-refractivity contribution >= 4 is 29.4 Å². The summed E-state index contributed by atoms with van der Waals surface area (Å²) < 4.78 is 20.1. The lowest BCUT2D eigenvalue weighted by Crippen LogP contribution is -2.33. The van der Waals surface area contributed by atoms with E-state index in [9.17, 15) is 14.0 Å². The van der Waals surface area contributed by atoms with Gasteiger partial charge in [-0.15, -0.1) is 11.8 Å². The predicted molar refractivity (Wildman–Crippen MR) is 116 cm³/mol. The van der Waals surface area contributed by atoms with E-state index in [0.717, 1.165) is 24.5 Å². The van der Waals surface area contributed by atoms with Crippen molar-refractivity contribution in [2.75, 3.05) is 36.2 Å². The van der Waals surface area contributed by atoms with Crippen LogP contribution in [0.15, 0.2) is 42.5 Å². The van der Waals surface area contributed by atoms with Crippen molar-refractivity contribution < 1.29 is 18.7 Å². The van der Waals surface area contributed by atoms with E-state index in [2.05, 4.69) is 10.2 Å². The summed E-state index contributed by atoms with van der Waals surface area (Å²) in [7, 11) is 0. The van der Waals surface area contributed by atoms with Crippen molar-refractivity contribution in [2.24, 2.45) is 0 Å². The molecule has 2 fully saturated rings. The molecule has 1 unspecified atom stereocenters. The standard InChI is InChI=1S/C22H24FN3O3S/c1-15(27)24-11-19-13-26(22(28)29-19)18-6-7-20(21(23)10-18)17-4-2-16(3-5-17)12-25-8-9-30-14-25/h2-7,10,19H,8-9,11-14H2,1H3,(H,24,27). The molecule has 0 saturated carbocycles. The Morgan fingerprint density at radius 2 is 2.07 bits per heavy atom. The molecule has 2 heterocycles. The lowest BCUT2D eigenvalue weighted by molar-refractivity contribution is -0.119. The maximum absolute atomic E-state index is 14.8. The molecule has 2 aliphatic heterocycles. The van der Waals surface area contributed by atoms with Crippen molar-refractivity contribution in [3.63, 3.8) is 0 Å². The molecular formula is C22H24FN3O3S. The quantitative estimate of drug-likeness (QED) is 0.762. The van der Waals surface area contributed by atoms with E-state index in [4.69, 9.17) is 4.74 Å². The van der Waals surface area contributed by atoms with E-state index in [1.165, 1.54) is 29.2 Å². The number of rotatable bonds is 6. The molecule has 8 heteroatoms. The fraction of sp³-hybridized carbons (Fsp3) is 0.364. The molecule has 30 heavy (non-hydrogen) atoms. The largest absolute Gasteiger partial charge is 0.442 e. The maximum atomic E-state index is 14.8. The monoisotopic (exact) mass is 429 g/mol. The van der Waals surface area contributed by atoms with E-state index in [1.54, 1.807) is 12.1 Å². The second-order valence-electron chi connectivity index (χ2n) is 7.50. The molecule has 2 aromatic carbocycles. The van der Waals surface area contributed by atoms with Gasteiger partial charge in [0.1, 0.15) is 11.9 Å². The highest BCUT2D eigenvalue weighted by atomic mass is 32.2. The molecule has 6 nitrogen and oxygen atoms in total. The number of benzene rings is 2. The first-order chi connectivity index (χ1) is 14.5. The van der Waals surface area contributed by atoms with E-state index < -0.39 is 18.0 Å². The first-order valence-electron chi connectivity index (χ1n) is 9.91. The summed E-state index contributed by atoms with van der Waals surface area (Å²) in [5.41, 5.74) is 2.94. The van der Waals surface area contributed by atoms with E-state index in [-0.39, 0.29) is 19.0 Å². The topological polar surface area (TPSA) is 61.9 Å². The van der Waals surface area contributed by atoms with Crippen molar-refractivity contribution in [1.82, 2.24) is 10.2 Å². The maximum Gasteiger partial charge on any atom is 0.414 e. The van der Waals surface area contributed by atoms with Crippen LogP contribution < -0.4 is 10.2 Å². The van der Waals surface area contributed by atoms with Crippen LogP contribution in [0.4, 0.5) is 14.9 Å². The van der Waals surface area contributed by atoms with Gasteiger partial charge >= 0.3 is 6.09 Å². The van der Waals surface area contributed by atoms with Crippen molar-refractivity contribution in [1.29, 1.82) is 0 Å². The zero-order chi connectivity index (χ0) is 21.1. The SMILES string of the molecule is CC(=O)NCC1CN(c2ccc(-c3ccc(CN4CCSC4)cc3)c(F)c2)C(=O)O1. The van der Waals surface area contributed by atoms with Gasteiger partial charge in [0.05, 0.1) is 18.8 Å². The molecule has 0 aliphatic carbocycles. The number of thioether (sulfide) groups is 1.